The summed E-state index contributed by atoms with van der Waals surface area (Å²) in [5.41, 5.74) is 10.2. The van der Waals surface area contributed by atoms with Gasteiger partial charge in [-0.2, -0.15) is 9.36 Å². The van der Waals surface area contributed by atoms with Crippen molar-refractivity contribution >= 4 is 28.3 Å². The molecule has 0 aromatic carbocycles. The molecule has 0 bridgehead atoms. The van der Waals surface area contributed by atoms with E-state index in [1.807, 2.05) is 0 Å². The molecule has 0 unspecified atom stereocenters. The van der Waals surface area contributed by atoms with E-state index >= 15 is 0 Å². The molecule has 0 atom stereocenters. The van der Waals surface area contributed by atoms with Crippen LogP contribution in [0.4, 0.5) is 5.13 Å². The molecule has 0 saturated carbocycles. The Morgan fingerprint density at radius 2 is 2.38 bits per heavy atom. The molecule has 0 spiro atoms. The number of carbonyl (C=O) groups is 1. The largest absolute Gasteiger partial charge is 0.398 e. The average Bonchev–Trinajstić information content (AvgIpc) is 2.46. The number of nitrogen functional groups attached to an aromatic ring is 1. The van der Waals surface area contributed by atoms with Gasteiger partial charge in [-0.1, -0.05) is 5.16 Å². The fourth-order valence-corrected chi connectivity index (χ4v) is 1.05. The summed E-state index contributed by atoms with van der Waals surface area (Å²) in [6, 6.07) is 0. The SMILES string of the molecule is CON=C(C(N)=O)c1nsc(N)n1. The summed E-state index contributed by atoms with van der Waals surface area (Å²) in [5.74, 6) is -0.684. The number of nitrogens with zero attached hydrogens (tertiary/aromatic N) is 3. The second kappa shape index (κ2) is 3.81. The molecule has 1 rings (SSSR count). The van der Waals surface area contributed by atoms with Gasteiger partial charge in [0.25, 0.3) is 5.91 Å². The molecule has 0 saturated heterocycles. The molecular formula is C5H7N5O2S. The summed E-state index contributed by atoms with van der Waals surface area (Å²) in [4.78, 5) is 18.9. The van der Waals surface area contributed by atoms with E-state index in [1.54, 1.807) is 0 Å². The van der Waals surface area contributed by atoms with Crippen molar-refractivity contribution in [3.8, 4) is 0 Å². The average molecular weight is 201 g/mol. The predicted molar refractivity (Wildman–Crippen MR) is 47.1 cm³/mol. The number of hydrogen-bond donors (Lipinski definition) is 2. The lowest BCUT2D eigenvalue weighted by Gasteiger charge is -1.93. The molecule has 0 aliphatic rings. The van der Waals surface area contributed by atoms with Crippen molar-refractivity contribution in [3.05, 3.63) is 5.82 Å². The van der Waals surface area contributed by atoms with Gasteiger partial charge in [-0.15, -0.1) is 0 Å². The summed E-state index contributed by atoms with van der Waals surface area (Å²) in [6.45, 7) is 0. The Morgan fingerprint density at radius 3 is 2.77 bits per heavy atom. The highest BCUT2D eigenvalue weighted by Gasteiger charge is 2.16. The van der Waals surface area contributed by atoms with Gasteiger partial charge < -0.3 is 16.3 Å². The normalized spacial score (nSPS) is 11.3. The highest BCUT2D eigenvalue weighted by molar-refractivity contribution is 7.09. The smallest absolute Gasteiger partial charge is 0.274 e. The number of primary amides is 1. The third kappa shape index (κ3) is 2.12. The first kappa shape index (κ1) is 9.39. The van der Waals surface area contributed by atoms with Crippen molar-refractivity contribution in [2.75, 3.05) is 12.8 Å². The molecule has 0 aliphatic heterocycles. The van der Waals surface area contributed by atoms with Crippen LogP contribution in [0.15, 0.2) is 5.16 Å². The van der Waals surface area contributed by atoms with E-state index in [4.69, 9.17) is 11.5 Å². The summed E-state index contributed by atoms with van der Waals surface area (Å²) in [7, 11) is 1.29. The summed E-state index contributed by atoms with van der Waals surface area (Å²) >= 11 is 0.948. The summed E-state index contributed by atoms with van der Waals surface area (Å²) < 4.78 is 3.75. The molecule has 0 aliphatic carbocycles. The van der Waals surface area contributed by atoms with Gasteiger partial charge in [-0.3, -0.25) is 4.79 Å². The molecule has 8 heteroatoms. The van der Waals surface area contributed by atoms with Crippen molar-refractivity contribution in [3.63, 3.8) is 0 Å². The number of oxime groups is 1. The molecule has 0 fully saturated rings. The van der Waals surface area contributed by atoms with Gasteiger partial charge >= 0.3 is 0 Å². The number of anilines is 1. The molecule has 1 aromatic heterocycles. The minimum Gasteiger partial charge on any atom is -0.398 e. The summed E-state index contributed by atoms with van der Waals surface area (Å²) in [5, 5.41) is 3.61. The van der Waals surface area contributed by atoms with Crippen LogP contribution < -0.4 is 11.5 Å². The maximum Gasteiger partial charge on any atom is 0.274 e. The number of rotatable bonds is 3. The van der Waals surface area contributed by atoms with Crippen molar-refractivity contribution in [2.45, 2.75) is 0 Å². The zero-order valence-corrected chi connectivity index (χ0v) is 7.54. The molecule has 13 heavy (non-hydrogen) atoms. The molecule has 70 valence electrons. The van der Waals surface area contributed by atoms with E-state index in [9.17, 15) is 4.79 Å². The fourth-order valence-electron chi connectivity index (χ4n) is 0.619. The lowest BCUT2D eigenvalue weighted by atomic mass is 10.3. The first-order chi connectivity index (χ1) is 6.15. The second-order valence-corrected chi connectivity index (χ2v) is 2.73. The van der Waals surface area contributed by atoms with Gasteiger partial charge in [-0.25, -0.2) is 0 Å². The van der Waals surface area contributed by atoms with Crippen LogP contribution >= 0.6 is 11.5 Å². The molecule has 7 nitrogen and oxygen atoms in total. The van der Waals surface area contributed by atoms with Crippen molar-refractivity contribution < 1.29 is 9.63 Å². The third-order valence-electron chi connectivity index (χ3n) is 1.07. The van der Waals surface area contributed by atoms with Gasteiger partial charge in [0.2, 0.25) is 11.5 Å². The van der Waals surface area contributed by atoms with Crippen LogP contribution in [-0.2, 0) is 9.63 Å². The van der Waals surface area contributed by atoms with Crippen molar-refractivity contribution in [2.24, 2.45) is 10.9 Å². The van der Waals surface area contributed by atoms with Crippen LogP contribution in [0.1, 0.15) is 5.82 Å². The molecule has 1 aromatic rings. The maximum atomic E-state index is 10.8. The minimum absolute atomic E-state index is 0.0804. The maximum absolute atomic E-state index is 10.8. The van der Waals surface area contributed by atoms with Crippen LogP contribution in [0.25, 0.3) is 0 Å². The molecule has 1 amide bonds. The van der Waals surface area contributed by atoms with Gasteiger partial charge in [0.15, 0.2) is 5.13 Å². The Balaban J connectivity index is 3.02. The molecule has 1 heterocycles. The van der Waals surface area contributed by atoms with Crippen LogP contribution in [0.5, 0.6) is 0 Å². The Bertz CT molecular complexity index is 346. The van der Waals surface area contributed by atoms with E-state index in [1.165, 1.54) is 7.11 Å². The van der Waals surface area contributed by atoms with Crippen LogP contribution in [0, 0.1) is 0 Å². The number of aromatic nitrogens is 2. The van der Waals surface area contributed by atoms with E-state index in [-0.39, 0.29) is 16.7 Å². The monoisotopic (exact) mass is 201 g/mol. The Morgan fingerprint density at radius 1 is 1.69 bits per heavy atom. The Labute approximate surface area is 77.6 Å². The van der Waals surface area contributed by atoms with E-state index in [0.717, 1.165) is 11.5 Å². The standard InChI is InChI=1S/C5H7N5O2S/c1-12-9-2(3(6)11)4-8-5(7)13-10-4/h1H3,(H2,6,11)(H2,7,8,10). The van der Waals surface area contributed by atoms with E-state index < -0.39 is 5.91 Å². The van der Waals surface area contributed by atoms with Gasteiger partial charge in [0.1, 0.15) is 7.11 Å². The Hall–Kier alpha value is -1.70. The number of hydrogen-bond acceptors (Lipinski definition) is 7. The molecule has 0 radical (unpaired) electrons. The van der Waals surface area contributed by atoms with Gasteiger partial charge in [-0.05, 0) is 0 Å². The summed E-state index contributed by atoms with van der Waals surface area (Å²) in [6.07, 6.45) is 0. The predicted octanol–water partition coefficient (Wildman–Crippen LogP) is -1.04. The lowest BCUT2D eigenvalue weighted by Crippen LogP contribution is -2.25. The second-order valence-electron chi connectivity index (χ2n) is 1.94. The van der Waals surface area contributed by atoms with Crippen LogP contribution in [-0.4, -0.2) is 28.1 Å². The topological polar surface area (TPSA) is 116 Å². The fraction of sp³-hybridized carbons (Fsp3) is 0.200. The Kier molecular flexibility index (Phi) is 2.75. The number of nitrogens with two attached hydrogens (primary N) is 2. The van der Waals surface area contributed by atoms with E-state index in [0.29, 0.717) is 0 Å². The third-order valence-corrected chi connectivity index (χ3v) is 1.61. The zero-order chi connectivity index (χ0) is 9.84. The van der Waals surface area contributed by atoms with Gasteiger partial charge in [0, 0.05) is 11.5 Å². The van der Waals surface area contributed by atoms with Crippen molar-refractivity contribution in [1.29, 1.82) is 0 Å². The lowest BCUT2D eigenvalue weighted by molar-refractivity contribution is -0.112. The van der Waals surface area contributed by atoms with E-state index in [2.05, 4.69) is 19.4 Å². The minimum atomic E-state index is -0.764. The first-order valence-corrected chi connectivity index (χ1v) is 3.93. The van der Waals surface area contributed by atoms with Crippen LogP contribution in [0.2, 0.25) is 0 Å². The van der Waals surface area contributed by atoms with Gasteiger partial charge in [0.05, 0.1) is 0 Å². The highest BCUT2D eigenvalue weighted by atomic mass is 32.1. The molecular weight excluding hydrogens is 194 g/mol. The van der Waals surface area contributed by atoms with Crippen molar-refractivity contribution in [1.82, 2.24) is 9.36 Å². The number of amides is 1. The number of carbonyl (C=O) groups excluding carboxylic acids is 1. The van der Waals surface area contributed by atoms with Crippen LogP contribution in [0.3, 0.4) is 0 Å². The molecule has 4 N–H and O–H groups in total. The quantitative estimate of drug-likeness (QED) is 0.478. The first-order valence-electron chi connectivity index (χ1n) is 3.15. The highest BCUT2D eigenvalue weighted by Crippen LogP contribution is 2.06. The zero-order valence-electron chi connectivity index (χ0n) is 6.72.